The minimum atomic E-state index is -0.539. The highest BCUT2D eigenvalue weighted by Crippen LogP contribution is 2.19. The van der Waals surface area contributed by atoms with E-state index in [-0.39, 0.29) is 18.6 Å². The molecule has 0 heterocycles. The van der Waals surface area contributed by atoms with Gasteiger partial charge in [-0.2, -0.15) is 0 Å². The first-order chi connectivity index (χ1) is 13.5. The summed E-state index contributed by atoms with van der Waals surface area (Å²) in [6.45, 7) is 1.48. The van der Waals surface area contributed by atoms with Crippen LogP contribution >= 0.6 is 0 Å². The lowest BCUT2D eigenvalue weighted by Gasteiger charge is -2.11. The SMILES string of the molecule is CCOC(=O)c1ccccc1NC(=O)COC(=O)CCc1ccccc1OC. The van der Waals surface area contributed by atoms with Crippen molar-refractivity contribution in [3.63, 3.8) is 0 Å². The van der Waals surface area contributed by atoms with Crippen molar-refractivity contribution in [2.45, 2.75) is 19.8 Å². The van der Waals surface area contributed by atoms with Crippen LogP contribution in [0.3, 0.4) is 0 Å². The molecule has 0 aromatic heterocycles. The van der Waals surface area contributed by atoms with E-state index in [1.165, 1.54) is 0 Å². The number of hydrogen-bond acceptors (Lipinski definition) is 6. The van der Waals surface area contributed by atoms with Crippen molar-refractivity contribution in [2.75, 3.05) is 25.6 Å². The fourth-order valence-electron chi connectivity index (χ4n) is 2.53. The zero-order valence-corrected chi connectivity index (χ0v) is 15.9. The molecule has 28 heavy (non-hydrogen) atoms. The highest BCUT2D eigenvalue weighted by atomic mass is 16.5. The smallest absolute Gasteiger partial charge is 0.340 e. The molecule has 0 spiro atoms. The summed E-state index contributed by atoms with van der Waals surface area (Å²) in [5.74, 6) is -0.877. The molecule has 2 rings (SSSR count). The predicted octanol–water partition coefficient (Wildman–Crippen LogP) is 2.99. The average Bonchev–Trinajstić information content (AvgIpc) is 2.71. The van der Waals surface area contributed by atoms with Crippen LogP contribution in [0.1, 0.15) is 29.3 Å². The molecule has 0 radical (unpaired) electrons. The first kappa shape index (κ1) is 21.0. The molecule has 1 N–H and O–H groups in total. The predicted molar refractivity (Wildman–Crippen MR) is 103 cm³/mol. The molecule has 0 aliphatic carbocycles. The lowest BCUT2D eigenvalue weighted by atomic mass is 10.1. The Morgan fingerprint density at radius 3 is 2.43 bits per heavy atom. The van der Waals surface area contributed by atoms with E-state index >= 15 is 0 Å². The number of ether oxygens (including phenoxy) is 3. The van der Waals surface area contributed by atoms with Crippen LogP contribution in [0, 0.1) is 0 Å². The van der Waals surface area contributed by atoms with Crippen molar-refractivity contribution in [3.8, 4) is 5.75 Å². The molecule has 0 aliphatic rings. The van der Waals surface area contributed by atoms with Gasteiger partial charge in [-0.3, -0.25) is 9.59 Å². The Balaban J connectivity index is 1.84. The highest BCUT2D eigenvalue weighted by molar-refractivity contribution is 6.01. The summed E-state index contributed by atoms with van der Waals surface area (Å²) in [7, 11) is 1.57. The summed E-state index contributed by atoms with van der Waals surface area (Å²) in [5.41, 5.74) is 1.42. The second kappa shape index (κ2) is 10.7. The quantitative estimate of drug-likeness (QED) is 0.668. The van der Waals surface area contributed by atoms with Gasteiger partial charge in [0, 0.05) is 6.42 Å². The maximum absolute atomic E-state index is 12.1. The summed E-state index contributed by atoms with van der Waals surface area (Å²) in [6.07, 6.45) is 0.559. The number of carbonyl (C=O) groups is 3. The summed E-state index contributed by atoms with van der Waals surface area (Å²) in [6, 6.07) is 13.9. The molecule has 0 atom stereocenters. The zero-order chi connectivity index (χ0) is 20.4. The zero-order valence-electron chi connectivity index (χ0n) is 15.9. The van der Waals surface area contributed by atoms with E-state index in [0.29, 0.717) is 17.9 Å². The molecule has 2 aromatic rings. The van der Waals surface area contributed by atoms with E-state index in [2.05, 4.69) is 5.32 Å². The van der Waals surface area contributed by atoms with Gasteiger partial charge in [0.05, 0.1) is 25.0 Å². The number of para-hydroxylation sites is 2. The molecule has 0 bridgehead atoms. The minimum absolute atomic E-state index is 0.118. The number of benzene rings is 2. The number of methoxy groups -OCH3 is 1. The van der Waals surface area contributed by atoms with Gasteiger partial charge >= 0.3 is 11.9 Å². The summed E-state index contributed by atoms with van der Waals surface area (Å²) in [5, 5.41) is 2.56. The Labute approximate surface area is 163 Å². The van der Waals surface area contributed by atoms with Crippen LogP contribution in [0.2, 0.25) is 0 Å². The topological polar surface area (TPSA) is 90.9 Å². The van der Waals surface area contributed by atoms with Gasteiger partial charge < -0.3 is 19.5 Å². The van der Waals surface area contributed by atoms with E-state index in [9.17, 15) is 14.4 Å². The van der Waals surface area contributed by atoms with Crippen molar-refractivity contribution < 1.29 is 28.6 Å². The Kier molecular flexibility index (Phi) is 8.02. The van der Waals surface area contributed by atoms with E-state index in [1.54, 1.807) is 38.3 Å². The number of esters is 2. The van der Waals surface area contributed by atoms with Gasteiger partial charge in [0.1, 0.15) is 5.75 Å². The fourth-order valence-corrected chi connectivity index (χ4v) is 2.53. The molecule has 0 saturated carbocycles. The van der Waals surface area contributed by atoms with Crippen molar-refractivity contribution >= 4 is 23.5 Å². The van der Waals surface area contributed by atoms with Gasteiger partial charge in [0.15, 0.2) is 6.61 Å². The molecule has 0 unspecified atom stereocenters. The number of anilines is 1. The van der Waals surface area contributed by atoms with Gasteiger partial charge in [0.2, 0.25) is 0 Å². The third kappa shape index (κ3) is 6.12. The van der Waals surface area contributed by atoms with Gasteiger partial charge in [0.25, 0.3) is 5.91 Å². The number of aryl methyl sites for hydroxylation is 1. The molecule has 7 heteroatoms. The van der Waals surface area contributed by atoms with Crippen LogP contribution in [-0.2, 0) is 25.5 Å². The molecule has 0 fully saturated rings. The van der Waals surface area contributed by atoms with Crippen LogP contribution in [0.4, 0.5) is 5.69 Å². The molecule has 2 aromatic carbocycles. The Hall–Kier alpha value is -3.35. The molecule has 0 aliphatic heterocycles. The van der Waals surface area contributed by atoms with Crippen LogP contribution in [0.25, 0.3) is 0 Å². The monoisotopic (exact) mass is 385 g/mol. The Morgan fingerprint density at radius 2 is 1.68 bits per heavy atom. The van der Waals surface area contributed by atoms with Crippen molar-refractivity contribution in [1.82, 2.24) is 0 Å². The van der Waals surface area contributed by atoms with Gasteiger partial charge in [-0.1, -0.05) is 30.3 Å². The minimum Gasteiger partial charge on any atom is -0.496 e. The highest BCUT2D eigenvalue weighted by Gasteiger charge is 2.15. The van der Waals surface area contributed by atoms with Gasteiger partial charge in [-0.25, -0.2) is 4.79 Å². The Morgan fingerprint density at radius 1 is 0.964 bits per heavy atom. The lowest BCUT2D eigenvalue weighted by molar-refractivity contribution is -0.147. The summed E-state index contributed by atoms with van der Waals surface area (Å²) in [4.78, 5) is 35.9. The third-order valence-electron chi connectivity index (χ3n) is 3.85. The van der Waals surface area contributed by atoms with E-state index in [1.807, 2.05) is 24.3 Å². The summed E-state index contributed by atoms with van der Waals surface area (Å²) >= 11 is 0. The number of amides is 1. The first-order valence-electron chi connectivity index (χ1n) is 8.88. The van der Waals surface area contributed by atoms with Crippen molar-refractivity contribution in [3.05, 3.63) is 59.7 Å². The van der Waals surface area contributed by atoms with Crippen LogP contribution in [-0.4, -0.2) is 38.2 Å². The largest absolute Gasteiger partial charge is 0.496 e. The van der Waals surface area contributed by atoms with Crippen LogP contribution < -0.4 is 10.1 Å². The number of carbonyl (C=O) groups excluding carboxylic acids is 3. The van der Waals surface area contributed by atoms with E-state index in [4.69, 9.17) is 14.2 Å². The number of nitrogens with one attached hydrogen (secondary N) is 1. The molecule has 1 amide bonds. The fraction of sp³-hybridized carbons (Fsp3) is 0.286. The van der Waals surface area contributed by atoms with Crippen molar-refractivity contribution in [1.29, 1.82) is 0 Å². The maximum Gasteiger partial charge on any atom is 0.340 e. The van der Waals surface area contributed by atoms with Gasteiger partial charge in [-0.05, 0) is 37.1 Å². The molecule has 148 valence electrons. The maximum atomic E-state index is 12.1. The molecular weight excluding hydrogens is 362 g/mol. The standard InChI is InChI=1S/C21H23NO6/c1-3-27-21(25)16-9-5-6-10-17(16)22-19(23)14-28-20(24)13-12-15-8-4-7-11-18(15)26-2/h4-11H,3,12-14H2,1-2H3,(H,22,23). The second-order valence-corrected chi connectivity index (χ2v) is 5.79. The van der Waals surface area contributed by atoms with E-state index in [0.717, 1.165) is 5.56 Å². The third-order valence-corrected chi connectivity index (χ3v) is 3.85. The van der Waals surface area contributed by atoms with Crippen LogP contribution in [0.5, 0.6) is 5.75 Å². The number of rotatable bonds is 9. The molecule has 0 saturated heterocycles. The van der Waals surface area contributed by atoms with Gasteiger partial charge in [-0.15, -0.1) is 0 Å². The molecule has 7 nitrogen and oxygen atoms in total. The Bertz CT molecular complexity index is 833. The van der Waals surface area contributed by atoms with Crippen molar-refractivity contribution in [2.24, 2.45) is 0 Å². The molecular formula is C21H23NO6. The second-order valence-electron chi connectivity index (χ2n) is 5.79. The normalized spacial score (nSPS) is 10.1. The van der Waals surface area contributed by atoms with Crippen LogP contribution in [0.15, 0.2) is 48.5 Å². The summed E-state index contributed by atoms with van der Waals surface area (Å²) < 4.78 is 15.2. The first-order valence-corrected chi connectivity index (χ1v) is 8.88. The lowest BCUT2D eigenvalue weighted by Crippen LogP contribution is -2.22. The van der Waals surface area contributed by atoms with E-state index < -0.39 is 24.5 Å². The average molecular weight is 385 g/mol. The number of hydrogen-bond donors (Lipinski definition) is 1.